The van der Waals surface area contributed by atoms with Crippen molar-refractivity contribution >= 4 is 11.6 Å². The average Bonchev–Trinajstić information content (AvgIpc) is 2.48. The van der Waals surface area contributed by atoms with Gasteiger partial charge in [-0.05, 0) is 25.2 Å². The first-order valence-electron chi connectivity index (χ1n) is 7.99. The highest BCUT2D eigenvalue weighted by molar-refractivity contribution is 5.58. The van der Waals surface area contributed by atoms with E-state index in [1.54, 1.807) is 6.33 Å². The quantitative estimate of drug-likeness (QED) is 0.863. The zero-order valence-corrected chi connectivity index (χ0v) is 13.2. The van der Waals surface area contributed by atoms with Crippen LogP contribution in [0, 0.1) is 5.92 Å². The summed E-state index contributed by atoms with van der Waals surface area (Å²) in [6.07, 6.45) is 10.8. The largest absolute Gasteiger partial charge is 0.373 e. The molecule has 1 heterocycles. The number of nitrogens with one attached hydrogen (secondary N) is 1. The normalized spacial score (nSPS) is 16.1. The molecule has 0 saturated heterocycles. The molecule has 0 bridgehead atoms. The minimum Gasteiger partial charge on any atom is -0.373 e. The van der Waals surface area contributed by atoms with Gasteiger partial charge >= 0.3 is 0 Å². The smallest absolute Gasteiger partial charge is 0.137 e. The molecule has 0 unspecified atom stereocenters. The Kier molecular flexibility index (Phi) is 5.62. The number of hydrogen-bond acceptors (Lipinski definition) is 4. The van der Waals surface area contributed by atoms with Gasteiger partial charge in [0.05, 0.1) is 0 Å². The van der Waals surface area contributed by atoms with E-state index in [2.05, 4.69) is 34.2 Å². The van der Waals surface area contributed by atoms with Gasteiger partial charge in [-0.1, -0.05) is 32.6 Å². The van der Waals surface area contributed by atoms with Crippen molar-refractivity contribution in [3.05, 3.63) is 11.9 Å². The number of rotatable bonds is 6. The molecule has 0 aliphatic heterocycles. The lowest BCUT2D eigenvalue weighted by Crippen LogP contribution is -2.28. The standard InChI is InChI=1S/C16H28N4/c1-4-8-14-15(17-2)18-12-19-16(14)20(3)11-13-9-6-5-7-10-13/h12-13H,4-11H2,1-3H3,(H,17,18,19). The van der Waals surface area contributed by atoms with Crippen molar-refractivity contribution < 1.29 is 0 Å². The Balaban J connectivity index is 2.13. The zero-order chi connectivity index (χ0) is 14.4. The Hall–Kier alpha value is -1.32. The Morgan fingerprint density at radius 2 is 2.00 bits per heavy atom. The molecule has 4 nitrogen and oxygen atoms in total. The van der Waals surface area contributed by atoms with Gasteiger partial charge in [-0.15, -0.1) is 0 Å². The Labute approximate surface area is 123 Å². The predicted molar refractivity (Wildman–Crippen MR) is 85.4 cm³/mol. The fourth-order valence-electron chi connectivity index (χ4n) is 3.27. The topological polar surface area (TPSA) is 41.1 Å². The van der Waals surface area contributed by atoms with Crippen molar-refractivity contribution in [3.8, 4) is 0 Å². The molecule has 20 heavy (non-hydrogen) atoms. The van der Waals surface area contributed by atoms with Gasteiger partial charge in [0.1, 0.15) is 18.0 Å². The predicted octanol–water partition coefficient (Wildman–Crippen LogP) is 3.49. The van der Waals surface area contributed by atoms with E-state index in [1.807, 2.05) is 7.05 Å². The van der Waals surface area contributed by atoms with Gasteiger partial charge in [0.2, 0.25) is 0 Å². The fraction of sp³-hybridized carbons (Fsp3) is 0.750. The Morgan fingerprint density at radius 1 is 1.25 bits per heavy atom. The van der Waals surface area contributed by atoms with Crippen molar-refractivity contribution in [2.45, 2.75) is 51.9 Å². The Morgan fingerprint density at radius 3 is 2.65 bits per heavy atom. The van der Waals surface area contributed by atoms with Gasteiger partial charge in [-0.25, -0.2) is 9.97 Å². The van der Waals surface area contributed by atoms with Gasteiger partial charge in [-0.2, -0.15) is 0 Å². The Bertz CT molecular complexity index is 413. The van der Waals surface area contributed by atoms with Crippen LogP contribution in [0.1, 0.15) is 51.0 Å². The third-order valence-electron chi connectivity index (χ3n) is 4.28. The van der Waals surface area contributed by atoms with Gasteiger partial charge in [0, 0.05) is 26.2 Å². The SMILES string of the molecule is CCCc1c(NC)ncnc1N(C)CC1CCCCC1. The van der Waals surface area contributed by atoms with Crippen molar-refractivity contribution in [1.82, 2.24) is 9.97 Å². The molecule has 4 heteroatoms. The summed E-state index contributed by atoms with van der Waals surface area (Å²) in [6, 6.07) is 0. The maximum Gasteiger partial charge on any atom is 0.137 e. The van der Waals surface area contributed by atoms with Crippen LogP contribution in [0.15, 0.2) is 6.33 Å². The summed E-state index contributed by atoms with van der Waals surface area (Å²) in [7, 11) is 4.11. The zero-order valence-electron chi connectivity index (χ0n) is 13.2. The molecule has 1 aliphatic carbocycles. The van der Waals surface area contributed by atoms with Gasteiger partial charge in [-0.3, -0.25) is 0 Å². The summed E-state index contributed by atoms with van der Waals surface area (Å²) < 4.78 is 0. The molecular formula is C16H28N4. The third kappa shape index (κ3) is 3.62. The number of hydrogen-bond donors (Lipinski definition) is 1. The van der Waals surface area contributed by atoms with E-state index in [4.69, 9.17) is 0 Å². The summed E-state index contributed by atoms with van der Waals surface area (Å²) in [5.41, 5.74) is 1.26. The van der Waals surface area contributed by atoms with Gasteiger partial charge in [0.15, 0.2) is 0 Å². The van der Waals surface area contributed by atoms with Gasteiger partial charge in [0.25, 0.3) is 0 Å². The van der Waals surface area contributed by atoms with Crippen LogP contribution in [0.3, 0.4) is 0 Å². The lowest BCUT2D eigenvalue weighted by atomic mass is 9.89. The summed E-state index contributed by atoms with van der Waals surface area (Å²) in [4.78, 5) is 11.2. The second-order valence-corrected chi connectivity index (χ2v) is 5.91. The molecule has 0 amide bonds. The van der Waals surface area contributed by atoms with E-state index in [0.717, 1.165) is 36.9 Å². The molecule has 1 aromatic rings. The van der Waals surface area contributed by atoms with Crippen LogP contribution in [-0.4, -0.2) is 30.6 Å². The molecular weight excluding hydrogens is 248 g/mol. The van der Waals surface area contributed by atoms with Crippen LogP contribution in [0.5, 0.6) is 0 Å². The van der Waals surface area contributed by atoms with E-state index in [-0.39, 0.29) is 0 Å². The first kappa shape index (κ1) is 15.1. The molecule has 1 aromatic heterocycles. The summed E-state index contributed by atoms with van der Waals surface area (Å²) >= 11 is 0. The number of aromatic nitrogens is 2. The molecule has 1 saturated carbocycles. The maximum atomic E-state index is 4.55. The monoisotopic (exact) mass is 276 g/mol. The molecule has 1 aliphatic rings. The molecule has 0 spiro atoms. The van der Waals surface area contributed by atoms with Crippen LogP contribution in [0.4, 0.5) is 11.6 Å². The molecule has 0 atom stereocenters. The molecule has 1 N–H and O–H groups in total. The second kappa shape index (κ2) is 7.46. The molecule has 1 fully saturated rings. The first-order chi connectivity index (χ1) is 9.76. The highest BCUT2D eigenvalue weighted by atomic mass is 15.2. The highest BCUT2D eigenvalue weighted by Crippen LogP contribution is 2.28. The summed E-state index contributed by atoms with van der Waals surface area (Å²) in [5.74, 6) is 2.92. The second-order valence-electron chi connectivity index (χ2n) is 5.91. The number of anilines is 2. The molecule has 0 aromatic carbocycles. The van der Waals surface area contributed by atoms with Crippen LogP contribution in [0.25, 0.3) is 0 Å². The highest BCUT2D eigenvalue weighted by Gasteiger charge is 2.19. The average molecular weight is 276 g/mol. The minimum atomic E-state index is 0.830. The maximum absolute atomic E-state index is 4.55. The van der Waals surface area contributed by atoms with E-state index >= 15 is 0 Å². The van der Waals surface area contributed by atoms with Crippen LogP contribution < -0.4 is 10.2 Å². The van der Waals surface area contributed by atoms with Crippen LogP contribution in [-0.2, 0) is 6.42 Å². The lowest BCUT2D eigenvalue weighted by Gasteiger charge is -2.29. The molecule has 112 valence electrons. The van der Waals surface area contributed by atoms with Crippen molar-refractivity contribution in [2.24, 2.45) is 5.92 Å². The third-order valence-corrected chi connectivity index (χ3v) is 4.28. The van der Waals surface area contributed by atoms with Crippen LogP contribution >= 0.6 is 0 Å². The molecule has 0 radical (unpaired) electrons. The van der Waals surface area contributed by atoms with Crippen molar-refractivity contribution in [3.63, 3.8) is 0 Å². The first-order valence-corrected chi connectivity index (χ1v) is 7.99. The van der Waals surface area contributed by atoms with Crippen molar-refractivity contribution in [2.75, 3.05) is 30.9 Å². The van der Waals surface area contributed by atoms with Crippen LogP contribution in [0.2, 0.25) is 0 Å². The fourth-order valence-corrected chi connectivity index (χ4v) is 3.27. The molecule has 2 rings (SSSR count). The lowest BCUT2D eigenvalue weighted by molar-refractivity contribution is 0.361. The van der Waals surface area contributed by atoms with E-state index in [9.17, 15) is 0 Å². The van der Waals surface area contributed by atoms with Gasteiger partial charge < -0.3 is 10.2 Å². The van der Waals surface area contributed by atoms with E-state index in [1.165, 1.54) is 37.7 Å². The summed E-state index contributed by atoms with van der Waals surface area (Å²) in [6.45, 7) is 3.33. The van der Waals surface area contributed by atoms with Crippen molar-refractivity contribution in [1.29, 1.82) is 0 Å². The van der Waals surface area contributed by atoms with E-state index < -0.39 is 0 Å². The number of nitrogens with zero attached hydrogens (tertiary/aromatic N) is 3. The van der Waals surface area contributed by atoms with E-state index in [0.29, 0.717) is 0 Å². The minimum absolute atomic E-state index is 0.830. The summed E-state index contributed by atoms with van der Waals surface area (Å²) in [5, 5.41) is 3.20.